The van der Waals surface area contributed by atoms with Gasteiger partial charge in [-0.1, -0.05) is 24.3 Å². The number of rotatable bonds is 6. The van der Waals surface area contributed by atoms with E-state index in [4.69, 9.17) is 9.47 Å². The summed E-state index contributed by atoms with van der Waals surface area (Å²) >= 11 is 0. The van der Waals surface area contributed by atoms with Crippen LogP contribution in [0.25, 0.3) is 0 Å². The van der Waals surface area contributed by atoms with E-state index in [9.17, 15) is 9.59 Å². The molecule has 27 heavy (non-hydrogen) atoms. The minimum atomic E-state index is -1.24. The van der Waals surface area contributed by atoms with Crippen molar-refractivity contribution < 1.29 is 19.1 Å². The number of carbonyl (C=O) groups is 2. The second-order valence-electron chi connectivity index (χ2n) is 6.26. The van der Waals surface area contributed by atoms with Crippen LogP contribution in [-0.4, -0.2) is 31.1 Å². The lowest BCUT2D eigenvalue weighted by Gasteiger charge is -2.32. The molecule has 0 fully saturated rings. The molecule has 6 heteroatoms. The van der Waals surface area contributed by atoms with Crippen LogP contribution in [-0.2, 0) is 14.3 Å². The van der Waals surface area contributed by atoms with Crippen LogP contribution in [0.1, 0.15) is 13.8 Å². The highest BCUT2D eigenvalue weighted by Crippen LogP contribution is 2.35. The quantitative estimate of drug-likeness (QED) is 0.794. The van der Waals surface area contributed by atoms with Crippen molar-refractivity contribution in [1.29, 1.82) is 0 Å². The highest BCUT2D eigenvalue weighted by atomic mass is 16.5. The Morgan fingerprint density at radius 2 is 1.89 bits per heavy atom. The van der Waals surface area contributed by atoms with E-state index in [-0.39, 0.29) is 12.5 Å². The van der Waals surface area contributed by atoms with E-state index in [0.717, 1.165) is 0 Å². The van der Waals surface area contributed by atoms with Gasteiger partial charge in [-0.3, -0.25) is 9.69 Å². The molecule has 0 aromatic heterocycles. The molecule has 1 aliphatic heterocycles. The topological polar surface area (TPSA) is 67.9 Å². The third-order valence-corrected chi connectivity index (χ3v) is 4.38. The fourth-order valence-corrected chi connectivity index (χ4v) is 3.07. The number of methoxy groups -OCH3 is 1. The average molecular weight is 366 g/mol. The summed E-state index contributed by atoms with van der Waals surface area (Å²) in [4.78, 5) is 27.3. The van der Waals surface area contributed by atoms with Crippen LogP contribution >= 0.6 is 0 Å². The third-order valence-electron chi connectivity index (χ3n) is 4.38. The summed E-state index contributed by atoms with van der Waals surface area (Å²) in [6.45, 7) is 3.65. The maximum Gasteiger partial charge on any atom is 0.336 e. The SMILES string of the molecule is CCOC(=O)[C@]1(C)C=C(Nc2cccc(OC)c2)C(=O)N1c1ccccc1. The number of anilines is 2. The predicted molar refractivity (Wildman–Crippen MR) is 104 cm³/mol. The highest BCUT2D eigenvalue weighted by Gasteiger charge is 2.49. The van der Waals surface area contributed by atoms with E-state index in [1.807, 2.05) is 36.4 Å². The van der Waals surface area contributed by atoms with Gasteiger partial charge in [0.05, 0.1) is 13.7 Å². The standard InChI is InChI=1S/C21H22N2O4/c1-4-27-20(25)21(2)14-18(22-15-9-8-12-17(13-15)26-3)19(24)23(21)16-10-6-5-7-11-16/h5-14,22H,4H2,1-3H3/t21-/m0/s1. The molecule has 0 bridgehead atoms. The smallest absolute Gasteiger partial charge is 0.336 e. The Bertz CT molecular complexity index is 879. The molecule has 1 N–H and O–H groups in total. The number of nitrogens with zero attached hydrogens (tertiary/aromatic N) is 1. The van der Waals surface area contributed by atoms with Gasteiger partial charge in [0.15, 0.2) is 5.54 Å². The van der Waals surface area contributed by atoms with Gasteiger partial charge >= 0.3 is 5.97 Å². The Kier molecular flexibility index (Phi) is 5.16. The summed E-state index contributed by atoms with van der Waals surface area (Å²) in [7, 11) is 1.58. The molecule has 0 saturated carbocycles. The van der Waals surface area contributed by atoms with Crippen molar-refractivity contribution in [2.75, 3.05) is 23.9 Å². The fourth-order valence-electron chi connectivity index (χ4n) is 3.07. The molecule has 140 valence electrons. The van der Waals surface area contributed by atoms with E-state index in [2.05, 4.69) is 5.32 Å². The molecule has 1 atom stereocenters. The van der Waals surface area contributed by atoms with Crippen LogP contribution in [0.15, 0.2) is 66.4 Å². The Balaban J connectivity index is 1.99. The van der Waals surface area contributed by atoms with Crippen molar-refractivity contribution >= 4 is 23.3 Å². The molecule has 0 radical (unpaired) electrons. The monoisotopic (exact) mass is 366 g/mol. The van der Waals surface area contributed by atoms with Gasteiger partial charge in [0.25, 0.3) is 5.91 Å². The van der Waals surface area contributed by atoms with Crippen molar-refractivity contribution in [3.05, 3.63) is 66.4 Å². The molecule has 1 aliphatic rings. The summed E-state index contributed by atoms with van der Waals surface area (Å²) in [6.07, 6.45) is 1.61. The lowest BCUT2D eigenvalue weighted by Crippen LogP contribution is -2.51. The molecule has 6 nitrogen and oxygen atoms in total. The van der Waals surface area contributed by atoms with Gasteiger partial charge in [0.1, 0.15) is 11.4 Å². The van der Waals surface area contributed by atoms with E-state index in [0.29, 0.717) is 22.8 Å². The minimum Gasteiger partial charge on any atom is -0.497 e. The zero-order valence-electron chi connectivity index (χ0n) is 15.6. The molecule has 0 aliphatic carbocycles. The Labute approximate surface area is 158 Å². The van der Waals surface area contributed by atoms with Crippen molar-refractivity contribution in [1.82, 2.24) is 0 Å². The second-order valence-corrected chi connectivity index (χ2v) is 6.26. The number of ether oxygens (including phenoxy) is 2. The second kappa shape index (κ2) is 7.53. The largest absolute Gasteiger partial charge is 0.497 e. The Hall–Kier alpha value is -3.28. The van der Waals surface area contributed by atoms with Crippen LogP contribution in [0.2, 0.25) is 0 Å². The number of hydrogen-bond donors (Lipinski definition) is 1. The molecule has 1 heterocycles. The number of benzene rings is 2. The van der Waals surface area contributed by atoms with Crippen LogP contribution in [0, 0.1) is 0 Å². The van der Waals surface area contributed by atoms with Gasteiger partial charge < -0.3 is 14.8 Å². The van der Waals surface area contributed by atoms with E-state index in [1.165, 1.54) is 4.90 Å². The van der Waals surface area contributed by atoms with Gasteiger partial charge in [0, 0.05) is 17.4 Å². The molecule has 0 saturated heterocycles. The van der Waals surface area contributed by atoms with Gasteiger partial charge in [-0.05, 0) is 44.2 Å². The summed E-state index contributed by atoms with van der Waals surface area (Å²) in [5.41, 5.74) is 0.379. The van der Waals surface area contributed by atoms with E-state index >= 15 is 0 Å². The number of carbonyl (C=O) groups excluding carboxylic acids is 2. The zero-order valence-corrected chi connectivity index (χ0v) is 15.6. The van der Waals surface area contributed by atoms with Gasteiger partial charge in [-0.25, -0.2) is 4.79 Å². The summed E-state index contributed by atoms with van der Waals surface area (Å²) in [5.74, 6) is -0.122. The number of esters is 1. The highest BCUT2D eigenvalue weighted by molar-refractivity contribution is 6.16. The van der Waals surface area contributed by atoms with Crippen molar-refractivity contribution in [2.24, 2.45) is 0 Å². The molecule has 2 aromatic rings. The van der Waals surface area contributed by atoms with Gasteiger partial charge in [-0.2, -0.15) is 0 Å². The summed E-state index contributed by atoms with van der Waals surface area (Å²) < 4.78 is 10.5. The third kappa shape index (κ3) is 3.51. The molecule has 0 spiro atoms. The number of amides is 1. The summed E-state index contributed by atoms with van der Waals surface area (Å²) in [6, 6.07) is 16.3. The Morgan fingerprint density at radius 3 is 2.56 bits per heavy atom. The van der Waals surface area contributed by atoms with Crippen LogP contribution in [0.3, 0.4) is 0 Å². The van der Waals surface area contributed by atoms with Gasteiger partial charge in [0.2, 0.25) is 0 Å². The maximum absolute atomic E-state index is 13.1. The molecular formula is C21H22N2O4. The first kappa shape index (κ1) is 18.5. The number of nitrogens with one attached hydrogen (secondary N) is 1. The number of hydrogen-bond acceptors (Lipinski definition) is 5. The zero-order chi connectivity index (χ0) is 19.4. The average Bonchev–Trinajstić information content (AvgIpc) is 2.94. The van der Waals surface area contributed by atoms with Crippen LogP contribution < -0.4 is 15.0 Å². The normalized spacial score (nSPS) is 18.9. The molecule has 3 rings (SSSR count). The first-order chi connectivity index (χ1) is 13.0. The molecular weight excluding hydrogens is 344 g/mol. The lowest BCUT2D eigenvalue weighted by atomic mass is 10.0. The molecule has 2 aromatic carbocycles. The van der Waals surface area contributed by atoms with Crippen molar-refractivity contribution in [3.63, 3.8) is 0 Å². The van der Waals surface area contributed by atoms with Crippen molar-refractivity contribution in [2.45, 2.75) is 19.4 Å². The van der Waals surface area contributed by atoms with E-state index < -0.39 is 11.5 Å². The first-order valence-corrected chi connectivity index (χ1v) is 8.70. The van der Waals surface area contributed by atoms with E-state index in [1.54, 1.807) is 45.2 Å². The van der Waals surface area contributed by atoms with Crippen LogP contribution in [0.4, 0.5) is 11.4 Å². The summed E-state index contributed by atoms with van der Waals surface area (Å²) in [5, 5.41) is 3.10. The first-order valence-electron chi connectivity index (χ1n) is 8.70. The lowest BCUT2D eigenvalue weighted by molar-refractivity contribution is -0.147. The van der Waals surface area contributed by atoms with Crippen LogP contribution in [0.5, 0.6) is 5.75 Å². The Morgan fingerprint density at radius 1 is 1.15 bits per heavy atom. The molecule has 0 unspecified atom stereocenters. The molecule has 1 amide bonds. The van der Waals surface area contributed by atoms with Crippen molar-refractivity contribution in [3.8, 4) is 5.75 Å². The minimum absolute atomic E-state index is 0.234. The predicted octanol–water partition coefficient (Wildman–Crippen LogP) is 3.36. The van der Waals surface area contributed by atoms with Gasteiger partial charge in [-0.15, -0.1) is 0 Å². The fraction of sp³-hybridized carbons (Fsp3) is 0.238. The number of para-hydroxylation sites is 1. The maximum atomic E-state index is 13.1.